The van der Waals surface area contributed by atoms with E-state index < -0.39 is 6.10 Å². The first kappa shape index (κ1) is 25.7. The van der Waals surface area contributed by atoms with Crippen molar-refractivity contribution in [2.24, 2.45) is 28.6 Å². The van der Waals surface area contributed by atoms with Crippen molar-refractivity contribution in [2.75, 3.05) is 18.9 Å². The van der Waals surface area contributed by atoms with Crippen LogP contribution in [0.25, 0.3) is 0 Å². The first-order valence-corrected chi connectivity index (χ1v) is 12.7. The summed E-state index contributed by atoms with van der Waals surface area (Å²) >= 11 is 1.57. The topological polar surface area (TPSA) is 82.5 Å². The Morgan fingerprint density at radius 3 is 2.70 bits per heavy atom. The molecule has 0 aromatic carbocycles. The first-order chi connectivity index (χ1) is 15.3. The van der Waals surface area contributed by atoms with Crippen LogP contribution in [0.2, 0.25) is 0 Å². The second-order valence-corrected chi connectivity index (χ2v) is 12.7. The van der Waals surface area contributed by atoms with Gasteiger partial charge in [-0.25, -0.2) is 4.98 Å². The number of fused-ring (bicyclic) bond motifs is 2. The summed E-state index contributed by atoms with van der Waals surface area (Å²) in [7, 11) is 1.72. The fourth-order valence-electron chi connectivity index (χ4n) is 5.99. The summed E-state index contributed by atoms with van der Waals surface area (Å²) in [6.07, 6.45) is 7.82. The van der Waals surface area contributed by atoms with Crippen LogP contribution in [0.5, 0.6) is 0 Å². The molecule has 3 rings (SSSR count). The van der Waals surface area contributed by atoms with E-state index in [0.717, 1.165) is 25.0 Å². The van der Waals surface area contributed by atoms with Gasteiger partial charge < -0.3 is 15.3 Å². The number of terminal acetylenes is 1. The van der Waals surface area contributed by atoms with Gasteiger partial charge in [-0.1, -0.05) is 47.5 Å². The molecule has 1 aromatic heterocycles. The lowest BCUT2D eigenvalue weighted by Gasteiger charge is -2.53. The van der Waals surface area contributed by atoms with Gasteiger partial charge in [0.1, 0.15) is 0 Å². The van der Waals surface area contributed by atoms with E-state index in [1.165, 1.54) is 4.88 Å². The van der Waals surface area contributed by atoms with Crippen molar-refractivity contribution in [1.29, 1.82) is 0 Å². The van der Waals surface area contributed by atoms with Crippen molar-refractivity contribution in [3.05, 3.63) is 10.6 Å². The molecule has 0 radical (unpaired) electrons. The normalized spacial score (nSPS) is 29.9. The van der Waals surface area contributed by atoms with Crippen molar-refractivity contribution in [2.45, 2.75) is 79.2 Å². The minimum Gasteiger partial charge on any atom is -0.392 e. The SMILES string of the molecule is C#CCN(C)C(=O)[C@@H](C)[C@H]1CC[C@@]2(C)Cc3sc(NC(=O)CC(C)(C)C)nc3[C@@H](C)[C@@H]2[C@H]1O. The molecule has 7 heteroatoms. The average Bonchev–Trinajstić information content (AvgIpc) is 3.07. The van der Waals surface area contributed by atoms with Gasteiger partial charge in [0, 0.05) is 30.2 Å². The zero-order chi connectivity index (χ0) is 24.7. The van der Waals surface area contributed by atoms with Gasteiger partial charge in [-0.05, 0) is 41.9 Å². The molecule has 33 heavy (non-hydrogen) atoms. The van der Waals surface area contributed by atoms with Gasteiger partial charge in [-0.3, -0.25) is 9.59 Å². The molecule has 0 aliphatic heterocycles. The molecular weight excluding hydrogens is 434 g/mol. The van der Waals surface area contributed by atoms with E-state index in [-0.39, 0.29) is 52.9 Å². The molecule has 2 N–H and O–H groups in total. The summed E-state index contributed by atoms with van der Waals surface area (Å²) in [5.41, 5.74) is 0.837. The number of carbonyl (C=O) groups excluding carboxylic acids is 2. The Hall–Kier alpha value is -1.91. The molecule has 0 unspecified atom stereocenters. The summed E-state index contributed by atoms with van der Waals surface area (Å²) in [6, 6.07) is 0. The summed E-state index contributed by atoms with van der Waals surface area (Å²) in [4.78, 5) is 32.9. The monoisotopic (exact) mass is 473 g/mol. The maximum atomic E-state index is 12.9. The predicted molar refractivity (Wildman–Crippen MR) is 133 cm³/mol. The highest BCUT2D eigenvalue weighted by atomic mass is 32.1. The summed E-state index contributed by atoms with van der Waals surface area (Å²) in [5, 5.41) is 15.2. The molecule has 0 saturated heterocycles. The van der Waals surface area contributed by atoms with Gasteiger partial charge in [0.05, 0.1) is 18.3 Å². The molecule has 1 heterocycles. The van der Waals surface area contributed by atoms with Crippen molar-refractivity contribution >= 4 is 28.3 Å². The molecule has 0 spiro atoms. The van der Waals surface area contributed by atoms with Gasteiger partial charge in [-0.15, -0.1) is 17.8 Å². The van der Waals surface area contributed by atoms with E-state index in [2.05, 4.69) is 25.1 Å². The van der Waals surface area contributed by atoms with Gasteiger partial charge in [0.2, 0.25) is 11.8 Å². The van der Waals surface area contributed by atoms with E-state index in [1.54, 1.807) is 23.3 Å². The van der Waals surface area contributed by atoms with Gasteiger partial charge >= 0.3 is 0 Å². The Kier molecular flexibility index (Phi) is 7.31. The number of aliphatic hydroxyl groups is 1. The fourth-order valence-corrected chi connectivity index (χ4v) is 7.27. The number of nitrogens with one attached hydrogen (secondary N) is 1. The molecule has 1 aromatic rings. The molecule has 0 bridgehead atoms. The van der Waals surface area contributed by atoms with Crippen LogP contribution >= 0.6 is 11.3 Å². The number of hydrogen-bond acceptors (Lipinski definition) is 5. The van der Waals surface area contributed by atoms with Gasteiger partial charge in [0.15, 0.2) is 5.13 Å². The van der Waals surface area contributed by atoms with Crippen LogP contribution in [0.1, 0.15) is 77.3 Å². The zero-order valence-electron chi connectivity index (χ0n) is 21.1. The average molecular weight is 474 g/mol. The second kappa shape index (κ2) is 9.38. The Morgan fingerprint density at radius 2 is 2.09 bits per heavy atom. The van der Waals surface area contributed by atoms with E-state index in [4.69, 9.17) is 11.4 Å². The molecular formula is C26H39N3O3S. The molecule has 2 aliphatic carbocycles. The maximum absolute atomic E-state index is 12.9. The first-order valence-electron chi connectivity index (χ1n) is 11.9. The Balaban J connectivity index is 1.81. The minimum atomic E-state index is -0.592. The molecule has 182 valence electrons. The number of thiazole rings is 1. The van der Waals surface area contributed by atoms with Gasteiger partial charge in [0.25, 0.3) is 0 Å². The van der Waals surface area contributed by atoms with Crippen molar-refractivity contribution in [3.63, 3.8) is 0 Å². The smallest absolute Gasteiger partial charge is 0.226 e. The third-order valence-corrected chi connectivity index (χ3v) is 8.58. The molecule has 2 aliphatic rings. The molecule has 2 amide bonds. The molecule has 6 nitrogen and oxygen atoms in total. The number of carbonyl (C=O) groups is 2. The number of aliphatic hydroxyl groups excluding tert-OH is 1. The standard InChI is InChI=1S/C26H39N3O3S/c1-9-12-29(8)23(32)15(2)17-10-11-26(7)13-18-21(16(3)20(26)22(17)31)28-24(33-18)27-19(30)14-25(4,5)6/h1,15-17,20,22,31H,10-14H2,2-8H3,(H,27,28,30)/t15-,16-,17+,20+,22-,26-/m0/s1. The lowest BCUT2D eigenvalue weighted by molar-refractivity contribution is -0.142. The molecule has 1 saturated carbocycles. The number of amides is 2. The van der Waals surface area contributed by atoms with Crippen molar-refractivity contribution in [3.8, 4) is 12.3 Å². The van der Waals surface area contributed by atoms with Crippen LogP contribution in [0.4, 0.5) is 5.13 Å². The highest BCUT2D eigenvalue weighted by molar-refractivity contribution is 7.15. The van der Waals surface area contributed by atoms with Gasteiger partial charge in [-0.2, -0.15) is 0 Å². The van der Waals surface area contributed by atoms with Crippen LogP contribution in [0, 0.1) is 40.9 Å². The number of nitrogens with zero attached hydrogens (tertiary/aromatic N) is 2. The van der Waals surface area contributed by atoms with Crippen molar-refractivity contribution in [1.82, 2.24) is 9.88 Å². The number of aromatic nitrogens is 1. The zero-order valence-corrected chi connectivity index (χ0v) is 21.9. The highest BCUT2D eigenvalue weighted by Gasteiger charge is 2.54. The Labute approximate surface area is 202 Å². The van der Waals surface area contributed by atoms with E-state index in [1.807, 2.05) is 27.7 Å². The fraction of sp³-hybridized carbons (Fsp3) is 0.731. The van der Waals surface area contributed by atoms with Crippen LogP contribution in [-0.4, -0.2) is 46.5 Å². The summed E-state index contributed by atoms with van der Waals surface area (Å²) in [6.45, 7) is 12.7. The minimum absolute atomic E-state index is 0.0113. The lowest BCUT2D eigenvalue weighted by Crippen LogP contribution is -2.53. The van der Waals surface area contributed by atoms with Crippen LogP contribution in [0.3, 0.4) is 0 Å². The third kappa shape index (κ3) is 5.27. The number of rotatable bonds is 5. The van der Waals surface area contributed by atoms with E-state index in [0.29, 0.717) is 11.6 Å². The number of anilines is 1. The quantitative estimate of drug-likeness (QED) is 0.625. The second-order valence-electron chi connectivity index (χ2n) is 11.6. The Bertz CT molecular complexity index is 944. The maximum Gasteiger partial charge on any atom is 0.226 e. The molecule has 6 atom stereocenters. The van der Waals surface area contributed by atoms with Crippen LogP contribution in [0.15, 0.2) is 0 Å². The lowest BCUT2D eigenvalue weighted by atomic mass is 9.53. The van der Waals surface area contributed by atoms with E-state index in [9.17, 15) is 14.7 Å². The van der Waals surface area contributed by atoms with Crippen LogP contribution < -0.4 is 5.32 Å². The highest BCUT2D eigenvalue weighted by Crippen LogP contribution is 2.57. The summed E-state index contributed by atoms with van der Waals surface area (Å²) in [5.74, 6) is 2.15. The molecule has 1 fully saturated rings. The number of hydrogen-bond donors (Lipinski definition) is 2. The predicted octanol–water partition coefficient (Wildman–Crippen LogP) is 4.30. The largest absolute Gasteiger partial charge is 0.392 e. The van der Waals surface area contributed by atoms with Crippen molar-refractivity contribution < 1.29 is 14.7 Å². The Morgan fingerprint density at radius 1 is 1.42 bits per heavy atom. The van der Waals surface area contributed by atoms with Crippen LogP contribution in [-0.2, 0) is 16.0 Å². The third-order valence-electron chi connectivity index (χ3n) is 7.60. The summed E-state index contributed by atoms with van der Waals surface area (Å²) < 4.78 is 0. The van der Waals surface area contributed by atoms with E-state index >= 15 is 0 Å².